The van der Waals surface area contributed by atoms with Gasteiger partial charge in [0.05, 0.1) is 0 Å². The highest BCUT2D eigenvalue weighted by atomic mass is 35.5. The van der Waals surface area contributed by atoms with E-state index in [4.69, 9.17) is 11.6 Å². The molecule has 0 spiro atoms. The molecule has 1 aromatic carbocycles. The predicted octanol–water partition coefficient (Wildman–Crippen LogP) is 1.88. The Morgan fingerprint density at radius 1 is 1.41 bits per heavy atom. The van der Waals surface area contributed by atoms with Crippen LogP contribution < -0.4 is 5.32 Å². The van der Waals surface area contributed by atoms with Gasteiger partial charge < -0.3 is 10.4 Å². The Hall–Kier alpha value is -0.770. The zero-order valence-corrected chi connectivity index (χ0v) is 10.9. The maximum atomic E-state index is 9.79. The van der Waals surface area contributed by atoms with E-state index in [0.29, 0.717) is 16.8 Å². The van der Waals surface area contributed by atoms with Gasteiger partial charge in [0.1, 0.15) is 5.75 Å². The second-order valence-electron chi connectivity index (χ2n) is 4.61. The Balaban J connectivity index is 2.01. The predicted molar refractivity (Wildman–Crippen MR) is 70.7 cm³/mol. The van der Waals surface area contributed by atoms with Crippen molar-refractivity contribution in [1.82, 2.24) is 10.2 Å². The lowest BCUT2D eigenvalue weighted by Gasteiger charge is -2.33. The number of hydrogen-bond donors (Lipinski definition) is 2. The summed E-state index contributed by atoms with van der Waals surface area (Å²) in [5, 5.41) is 13.8. The van der Waals surface area contributed by atoms with Crippen LogP contribution in [-0.4, -0.2) is 42.2 Å². The summed E-state index contributed by atoms with van der Waals surface area (Å²) in [4.78, 5) is 2.44. The number of nitrogens with one attached hydrogen (secondary N) is 1. The van der Waals surface area contributed by atoms with Gasteiger partial charge in [-0.3, -0.25) is 4.90 Å². The van der Waals surface area contributed by atoms with E-state index in [0.717, 1.165) is 38.2 Å². The Morgan fingerprint density at radius 2 is 2.12 bits per heavy atom. The second-order valence-corrected chi connectivity index (χ2v) is 5.05. The Bertz CT molecular complexity index is 378. The zero-order chi connectivity index (χ0) is 12.3. The van der Waals surface area contributed by atoms with Crippen molar-refractivity contribution in [2.24, 2.45) is 0 Å². The Morgan fingerprint density at radius 3 is 2.82 bits per heavy atom. The van der Waals surface area contributed by atoms with Crippen LogP contribution in [-0.2, 0) is 6.42 Å². The van der Waals surface area contributed by atoms with Gasteiger partial charge in [0, 0.05) is 37.2 Å². The minimum absolute atomic E-state index is 0.344. The normalized spacial score (nSPS) is 19.2. The van der Waals surface area contributed by atoms with Crippen LogP contribution in [0, 0.1) is 0 Å². The molecule has 0 saturated carbocycles. The average molecular weight is 255 g/mol. The maximum absolute atomic E-state index is 9.79. The fourth-order valence-corrected chi connectivity index (χ4v) is 2.48. The van der Waals surface area contributed by atoms with E-state index >= 15 is 0 Å². The van der Waals surface area contributed by atoms with Crippen LogP contribution in [0.3, 0.4) is 0 Å². The summed E-state index contributed by atoms with van der Waals surface area (Å²) in [5.74, 6) is 0.344. The van der Waals surface area contributed by atoms with Gasteiger partial charge in [0.25, 0.3) is 0 Å². The van der Waals surface area contributed by atoms with Gasteiger partial charge >= 0.3 is 0 Å². The summed E-state index contributed by atoms with van der Waals surface area (Å²) in [6.07, 6.45) is 0.840. The van der Waals surface area contributed by atoms with Crippen LogP contribution in [0.4, 0.5) is 0 Å². The zero-order valence-electron chi connectivity index (χ0n) is 10.1. The van der Waals surface area contributed by atoms with Crippen molar-refractivity contribution in [3.05, 3.63) is 28.8 Å². The lowest BCUT2D eigenvalue weighted by molar-refractivity contribution is 0.182. The van der Waals surface area contributed by atoms with Crippen molar-refractivity contribution >= 4 is 11.6 Å². The molecule has 4 heteroatoms. The molecule has 1 unspecified atom stereocenters. The molecular formula is C13H19ClN2O. The molecule has 3 nitrogen and oxygen atoms in total. The molecule has 1 aliphatic rings. The standard InChI is InChI=1S/C13H19ClN2O/c1-10(16-6-4-15-5-7-16)8-11-9-12(14)2-3-13(11)17/h2-3,9-10,15,17H,4-8H2,1H3. The smallest absolute Gasteiger partial charge is 0.118 e. The number of piperazine rings is 1. The first-order valence-corrected chi connectivity index (χ1v) is 6.47. The molecule has 1 saturated heterocycles. The molecular weight excluding hydrogens is 236 g/mol. The average Bonchev–Trinajstić information content (AvgIpc) is 2.35. The molecule has 0 aromatic heterocycles. The van der Waals surface area contributed by atoms with Crippen molar-refractivity contribution in [1.29, 1.82) is 0 Å². The number of rotatable bonds is 3. The number of hydrogen-bond acceptors (Lipinski definition) is 3. The van der Waals surface area contributed by atoms with Crippen LogP contribution in [0.2, 0.25) is 5.02 Å². The van der Waals surface area contributed by atoms with Crippen LogP contribution in [0.5, 0.6) is 5.75 Å². The molecule has 1 fully saturated rings. The SMILES string of the molecule is CC(Cc1cc(Cl)ccc1O)N1CCNCC1. The fourth-order valence-electron chi connectivity index (χ4n) is 2.29. The maximum Gasteiger partial charge on any atom is 0.118 e. The highest BCUT2D eigenvalue weighted by molar-refractivity contribution is 6.30. The number of phenols is 1. The van der Waals surface area contributed by atoms with Crippen molar-refractivity contribution in [3.63, 3.8) is 0 Å². The van der Waals surface area contributed by atoms with E-state index in [2.05, 4.69) is 17.1 Å². The summed E-state index contributed by atoms with van der Waals surface area (Å²) in [6, 6.07) is 5.68. The lowest BCUT2D eigenvalue weighted by atomic mass is 10.0. The van der Waals surface area contributed by atoms with E-state index in [1.165, 1.54) is 0 Å². The summed E-state index contributed by atoms with van der Waals surface area (Å²) >= 11 is 5.95. The molecule has 2 N–H and O–H groups in total. The van der Waals surface area contributed by atoms with Crippen LogP contribution in [0.25, 0.3) is 0 Å². The van der Waals surface area contributed by atoms with E-state index in [9.17, 15) is 5.11 Å². The molecule has 1 aliphatic heterocycles. The first-order chi connectivity index (χ1) is 8.16. The molecule has 0 amide bonds. The van der Waals surface area contributed by atoms with Crippen molar-refractivity contribution in [2.75, 3.05) is 26.2 Å². The monoisotopic (exact) mass is 254 g/mol. The fraction of sp³-hybridized carbons (Fsp3) is 0.538. The third-order valence-corrected chi connectivity index (χ3v) is 3.57. The minimum Gasteiger partial charge on any atom is -0.508 e. The molecule has 94 valence electrons. The number of aromatic hydroxyl groups is 1. The van der Waals surface area contributed by atoms with Crippen LogP contribution in [0.15, 0.2) is 18.2 Å². The second kappa shape index (κ2) is 5.71. The molecule has 1 aromatic rings. The Labute approximate surface area is 107 Å². The van der Waals surface area contributed by atoms with Crippen molar-refractivity contribution < 1.29 is 5.11 Å². The minimum atomic E-state index is 0.344. The molecule has 1 atom stereocenters. The summed E-state index contributed by atoms with van der Waals surface area (Å²) in [5.41, 5.74) is 0.934. The van der Waals surface area contributed by atoms with Gasteiger partial charge in [0.2, 0.25) is 0 Å². The van der Waals surface area contributed by atoms with Gasteiger partial charge in [-0.2, -0.15) is 0 Å². The van der Waals surface area contributed by atoms with Crippen molar-refractivity contribution in [2.45, 2.75) is 19.4 Å². The highest BCUT2D eigenvalue weighted by Gasteiger charge is 2.17. The van der Waals surface area contributed by atoms with Crippen LogP contribution >= 0.6 is 11.6 Å². The number of nitrogens with zero attached hydrogens (tertiary/aromatic N) is 1. The molecule has 2 rings (SSSR count). The quantitative estimate of drug-likeness (QED) is 0.865. The van der Waals surface area contributed by atoms with E-state index in [-0.39, 0.29) is 0 Å². The molecule has 1 heterocycles. The van der Waals surface area contributed by atoms with Gasteiger partial charge in [0.15, 0.2) is 0 Å². The number of phenolic OH excluding ortho intramolecular Hbond substituents is 1. The molecule has 0 bridgehead atoms. The third kappa shape index (κ3) is 3.35. The van der Waals surface area contributed by atoms with Gasteiger partial charge in [-0.15, -0.1) is 0 Å². The van der Waals surface area contributed by atoms with Gasteiger partial charge in [-0.1, -0.05) is 11.6 Å². The molecule has 0 radical (unpaired) electrons. The van der Waals surface area contributed by atoms with Gasteiger partial charge in [-0.05, 0) is 37.1 Å². The van der Waals surface area contributed by atoms with Crippen molar-refractivity contribution in [3.8, 4) is 5.75 Å². The van der Waals surface area contributed by atoms with E-state index < -0.39 is 0 Å². The first kappa shape index (κ1) is 12.7. The summed E-state index contributed by atoms with van der Waals surface area (Å²) in [7, 11) is 0. The van der Waals surface area contributed by atoms with E-state index in [1.807, 2.05) is 6.07 Å². The first-order valence-electron chi connectivity index (χ1n) is 6.09. The topological polar surface area (TPSA) is 35.5 Å². The largest absolute Gasteiger partial charge is 0.508 e. The molecule has 17 heavy (non-hydrogen) atoms. The third-order valence-electron chi connectivity index (χ3n) is 3.33. The van der Waals surface area contributed by atoms with E-state index in [1.54, 1.807) is 12.1 Å². The van der Waals surface area contributed by atoms with Crippen LogP contribution in [0.1, 0.15) is 12.5 Å². The number of benzene rings is 1. The Kier molecular flexibility index (Phi) is 4.26. The molecule has 0 aliphatic carbocycles. The summed E-state index contributed by atoms with van der Waals surface area (Å²) in [6.45, 7) is 6.44. The number of halogens is 1. The highest BCUT2D eigenvalue weighted by Crippen LogP contribution is 2.23. The van der Waals surface area contributed by atoms with Gasteiger partial charge in [-0.25, -0.2) is 0 Å². The lowest BCUT2D eigenvalue weighted by Crippen LogP contribution is -2.48. The summed E-state index contributed by atoms with van der Waals surface area (Å²) < 4.78 is 0.